The van der Waals surface area contributed by atoms with Crippen molar-refractivity contribution in [2.75, 3.05) is 0 Å². The van der Waals surface area contributed by atoms with Gasteiger partial charge in [0, 0.05) is 5.39 Å². The van der Waals surface area contributed by atoms with Crippen molar-refractivity contribution in [3.8, 4) is 6.07 Å². The topological polar surface area (TPSA) is 54.0 Å². The van der Waals surface area contributed by atoms with Crippen molar-refractivity contribution < 1.29 is 4.42 Å². The van der Waals surface area contributed by atoms with Crippen LogP contribution in [0.2, 0.25) is 0 Å². The summed E-state index contributed by atoms with van der Waals surface area (Å²) in [6.45, 7) is 3.79. The van der Waals surface area contributed by atoms with Gasteiger partial charge in [-0.05, 0) is 31.0 Å². The van der Waals surface area contributed by atoms with Crippen molar-refractivity contribution >= 4 is 11.0 Å². The summed E-state index contributed by atoms with van der Waals surface area (Å²) in [6, 6.07) is 7.70. The smallest absolute Gasteiger partial charge is 0.340 e. The molecule has 0 radical (unpaired) electrons. The average molecular weight is 213 g/mol. The van der Waals surface area contributed by atoms with Gasteiger partial charge in [-0.15, -0.1) is 0 Å². The van der Waals surface area contributed by atoms with Crippen LogP contribution in [0.4, 0.5) is 0 Å². The van der Waals surface area contributed by atoms with E-state index in [-0.39, 0.29) is 6.42 Å². The molecule has 0 saturated heterocycles. The Kier molecular flexibility index (Phi) is 2.49. The average Bonchev–Trinajstić information content (AvgIpc) is 2.23. The molecule has 16 heavy (non-hydrogen) atoms. The van der Waals surface area contributed by atoms with Gasteiger partial charge in [0.25, 0.3) is 0 Å². The van der Waals surface area contributed by atoms with Crippen LogP contribution in [0, 0.1) is 25.2 Å². The minimum absolute atomic E-state index is 0.0952. The highest BCUT2D eigenvalue weighted by atomic mass is 16.4. The van der Waals surface area contributed by atoms with Crippen LogP contribution >= 0.6 is 0 Å². The monoisotopic (exact) mass is 213 g/mol. The zero-order valence-corrected chi connectivity index (χ0v) is 9.20. The molecule has 0 aliphatic carbocycles. The lowest BCUT2D eigenvalue weighted by molar-refractivity contribution is 0.551. The van der Waals surface area contributed by atoms with Crippen LogP contribution in [0.15, 0.2) is 27.4 Å². The molecule has 3 nitrogen and oxygen atoms in total. The van der Waals surface area contributed by atoms with Gasteiger partial charge in [-0.1, -0.05) is 12.1 Å². The highest BCUT2D eigenvalue weighted by Crippen LogP contribution is 2.20. The van der Waals surface area contributed by atoms with E-state index in [2.05, 4.69) is 0 Å². The number of nitriles is 1. The van der Waals surface area contributed by atoms with Crippen LogP contribution in [0.25, 0.3) is 11.0 Å². The molecule has 0 saturated carbocycles. The maximum Gasteiger partial charge on any atom is 0.340 e. The summed E-state index contributed by atoms with van der Waals surface area (Å²) in [6.07, 6.45) is 0.0952. The second-order valence-electron chi connectivity index (χ2n) is 3.83. The first-order valence-electron chi connectivity index (χ1n) is 5.03. The Balaban J connectivity index is 2.84. The van der Waals surface area contributed by atoms with Crippen molar-refractivity contribution in [3.63, 3.8) is 0 Å². The molecule has 1 aromatic heterocycles. The summed E-state index contributed by atoms with van der Waals surface area (Å²) >= 11 is 0. The number of benzene rings is 1. The summed E-state index contributed by atoms with van der Waals surface area (Å²) in [5.74, 6) is 0. The number of hydrogen-bond acceptors (Lipinski definition) is 3. The third-order valence-electron chi connectivity index (χ3n) is 2.70. The lowest BCUT2D eigenvalue weighted by atomic mass is 10.0. The fourth-order valence-electron chi connectivity index (χ4n) is 1.78. The predicted molar refractivity (Wildman–Crippen MR) is 61.3 cm³/mol. The summed E-state index contributed by atoms with van der Waals surface area (Å²) in [5.41, 5.74) is 2.52. The Hall–Kier alpha value is -2.08. The molecule has 80 valence electrons. The largest absolute Gasteiger partial charge is 0.422 e. The van der Waals surface area contributed by atoms with Crippen LogP contribution in [-0.2, 0) is 6.42 Å². The van der Waals surface area contributed by atoms with Crippen molar-refractivity contribution in [2.45, 2.75) is 20.3 Å². The van der Waals surface area contributed by atoms with E-state index < -0.39 is 5.63 Å². The highest BCUT2D eigenvalue weighted by Gasteiger charge is 2.10. The van der Waals surface area contributed by atoms with Gasteiger partial charge in [0.1, 0.15) is 5.58 Å². The molecule has 0 aliphatic rings. The first kappa shape index (κ1) is 10.4. The molecule has 3 heteroatoms. The van der Waals surface area contributed by atoms with Crippen LogP contribution in [0.3, 0.4) is 0 Å². The van der Waals surface area contributed by atoms with E-state index in [1.807, 2.05) is 38.1 Å². The SMILES string of the molecule is Cc1ccc2c(C)c(CC#N)c(=O)oc2c1. The second kappa shape index (κ2) is 3.82. The second-order valence-corrected chi connectivity index (χ2v) is 3.83. The van der Waals surface area contributed by atoms with E-state index in [9.17, 15) is 4.79 Å². The zero-order chi connectivity index (χ0) is 11.7. The Labute approximate surface area is 92.9 Å². The molecule has 0 atom stereocenters. The fourth-order valence-corrected chi connectivity index (χ4v) is 1.78. The summed E-state index contributed by atoms with van der Waals surface area (Å²) in [4.78, 5) is 11.6. The molecule has 0 aliphatic heterocycles. The van der Waals surface area contributed by atoms with Crippen LogP contribution in [0.5, 0.6) is 0 Å². The summed E-state index contributed by atoms with van der Waals surface area (Å²) in [5, 5.41) is 9.55. The van der Waals surface area contributed by atoms with Gasteiger partial charge in [0.2, 0.25) is 0 Å². The zero-order valence-electron chi connectivity index (χ0n) is 9.20. The van der Waals surface area contributed by atoms with Crippen molar-refractivity contribution in [1.29, 1.82) is 5.26 Å². The number of nitrogens with zero attached hydrogens (tertiary/aromatic N) is 1. The van der Waals surface area contributed by atoms with Gasteiger partial charge in [0.15, 0.2) is 0 Å². The number of fused-ring (bicyclic) bond motifs is 1. The maximum atomic E-state index is 11.6. The minimum atomic E-state index is -0.405. The molecular weight excluding hydrogens is 202 g/mol. The van der Waals surface area contributed by atoms with Gasteiger partial charge in [0.05, 0.1) is 18.1 Å². The Morgan fingerprint density at radius 3 is 2.81 bits per heavy atom. The Bertz CT molecular complexity index is 647. The van der Waals surface area contributed by atoms with E-state index in [1.165, 1.54) is 0 Å². The third-order valence-corrected chi connectivity index (χ3v) is 2.70. The minimum Gasteiger partial charge on any atom is -0.422 e. The molecule has 0 bridgehead atoms. The lowest BCUT2D eigenvalue weighted by Gasteiger charge is -2.05. The van der Waals surface area contributed by atoms with E-state index in [1.54, 1.807) is 0 Å². The van der Waals surface area contributed by atoms with Gasteiger partial charge in [-0.3, -0.25) is 0 Å². The van der Waals surface area contributed by atoms with Crippen LogP contribution < -0.4 is 5.63 Å². The molecule has 0 N–H and O–H groups in total. The van der Waals surface area contributed by atoms with Crippen LogP contribution in [-0.4, -0.2) is 0 Å². The third kappa shape index (κ3) is 1.59. The summed E-state index contributed by atoms with van der Waals surface area (Å²) < 4.78 is 5.20. The predicted octanol–water partition coefficient (Wildman–Crippen LogP) is 2.48. The molecule has 1 aromatic carbocycles. The van der Waals surface area contributed by atoms with Gasteiger partial charge in [-0.2, -0.15) is 5.26 Å². The Morgan fingerprint density at radius 2 is 2.12 bits per heavy atom. The molecule has 0 unspecified atom stereocenters. The molecule has 0 spiro atoms. The van der Waals surface area contributed by atoms with Crippen molar-refractivity contribution in [2.24, 2.45) is 0 Å². The molecule has 0 fully saturated rings. The highest BCUT2D eigenvalue weighted by molar-refractivity contribution is 5.81. The van der Waals surface area contributed by atoms with E-state index in [0.29, 0.717) is 11.1 Å². The first-order chi connectivity index (χ1) is 7.63. The maximum absolute atomic E-state index is 11.6. The number of rotatable bonds is 1. The van der Waals surface area contributed by atoms with Crippen molar-refractivity contribution in [3.05, 3.63) is 45.3 Å². The quantitative estimate of drug-likeness (QED) is 0.684. The Morgan fingerprint density at radius 1 is 1.38 bits per heavy atom. The van der Waals surface area contributed by atoms with Gasteiger partial charge < -0.3 is 4.42 Å². The van der Waals surface area contributed by atoms with E-state index >= 15 is 0 Å². The van der Waals surface area contributed by atoms with Crippen LogP contribution in [0.1, 0.15) is 16.7 Å². The molecule has 1 heterocycles. The standard InChI is InChI=1S/C13H11NO2/c1-8-3-4-10-9(2)11(5-6-14)13(15)16-12(10)7-8/h3-4,7H,5H2,1-2H3. The van der Waals surface area contributed by atoms with E-state index in [0.717, 1.165) is 16.5 Å². The lowest BCUT2D eigenvalue weighted by Crippen LogP contribution is -2.09. The molecule has 2 rings (SSSR count). The van der Waals surface area contributed by atoms with Gasteiger partial charge in [-0.25, -0.2) is 4.79 Å². The normalized spacial score (nSPS) is 10.3. The van der Waals surface area contributed by atoms with Gasteiger partial charge >= 0.3 is 5.63 Å². The summed E-state index contributed by atoms with van der Waals surface area (Å²) in [7, 11) is 0. The molecular formula is C13H11NO2. The number of aryl methyl sites for hydroxylation is 2. The van der Waals surface area contributed by atoms with E-state index in [4.69, 9.17) is 9.68 Å². The fraction of sp³-hybridized carbons (Fsp3) is 0.231. The molecule has 0 amide bonds. The number of hydrogen-bond donors (Lipinski definition) is 0. The van der Waals surface area contributed by atoms with Crippen molar-refractivity contribution in [1.82, 2.24) is 0 Å². The molecule has 2 aromatic rings. The first-order valence-corrected chi connectivity index (χ1v) is 5.03.